The fourth-order valence-corrected chi connectivity index (χ4v) is 3.50. The number of thiophene rings is 1. The van der Waals surface area contributed by atoms with E-state index in [9.17, 15) is 14.0 Å². The Balaban J connectivity index is 2.18. The van der Waals surface area contributed by atoms with Crippen molar-refractivity contribution < 1.29 is 14.0 Å². The topological polar surface area (TPSA) is 52.7 Å². The van der Waals surface area contributed by atoms with Crippen LogP contribution < -0.4 is 5.32 Å². The molecule has 0 aliphatic carbocycles. The van der Waals surface area contributed by atoms with Gasteiger partial charge in [-0.15, -0.1) is 11.3 Å². The maximum Gasteiger partial charge on any atom is 0.318 e. The number of hydrogen-bond acceptors (Lipinski definition) is 3. The van der Waals surface area contributed by atoms with Crippen LogP contribution in [0.25, 0.3) is 0 Å². The maximum atomic E-state index is 13.2. The number of carbonyl (C=O) groups excluding carboxylic acids is 2. The molecular formula is C21H28FN3O2S. The van der Waals surface area contributed by atoms with Crippen LogP contribution in [0.2, 0.25) is 0 Å². The van der Waals surface area contributed by atoms with Crippen molar-refractivity contribution in [2.45, 2.75) is 46.3 Å². The fraction of sp³-hybridized carbons (Fsp3) is 0.429. The van der Waals surface area contributed by atoms with Crippen molar-refractivity contribution in [1.82, 2.24) is 15.1 Å². The summed E-state index contributed by atoms with van der Waals surface area (Å²) in [5.74, 6) is -0.441. The van der Waals surface area contributed by atoms with Gasteiger partial charge in [0.25, 0.3) is 0 Å². The highest BCUT2D eigenvalue weighted by Gasteiger charge is 2.24. The molecule has 7 heteroatoms. The van der Waals surface area contributed by atoms with Gasteiger partial charge in [0.15, 0.2) is 0 Å². The lowest BCUT2D eigenvalue weighted by Crippen LogP contribution is -2.50. The van der Waals surface area contributed by atoms with Gasteiger partial charge in [0.05, 0.1) is 6.54 Å². The van der Waals surface area contributed by atoms with E-state index < -0.39 is 0 Å². The summed E-state index contributed by atoms with van der Waals surface area (Å²) in [6.07, 6.45) is 0.757. The zero-order chi connectivity index (χ0) is 20.5. The molecule has 0 aliphatic rings. The largest absolute Gasteiger partial charge is 0.338 e. The molecule has 1 aromatic carbocycles. The number of amides is 3. The summed E-state index contributed by atoms with van der Waals surface area (Å²) in [5.41, 5.74) is 0.847. The molecule has 1 atom stereocenters. The Bertz CT molecular complexity index is 750. The Morgan fingerprint density at radius 3 is 2.43 bits per heavy atom. The summed E-state index contributed by atoms with van der Waals surface area (Å²) in [4.78, 5) is 29.9. The first-order chi connectivity index (χ1) is 13.4. The highest BCUT2D eigenvalue weighted by molar-refractivity contribution is 7.09. The van der Waals surface area contributed by atoms with Crippen molar-refractivity contribution in [2.75, 3.05) is 13.1 Å². The van der Waals surface area contributed by atoms with E-state index in [1.165, 1.54) is 12.1 Å². The molecule has 152 valence electrons. The summed E-state index contributed by atoms with van der Waals surface area (Å²) in [6.45, 7) is 7.11. The van der Waals surface area contributed by atoms with Crippen LogP contribution in [0.4, 0.5) is 9.18 Å². The van der Waals surface area contributed by atoms with Gasteiger partial charge < -0.3 is 15.1 Å². The van der Waals surface area contributed by atoms with Crippen molar-refractivity contribution in [1.29, 1.82) is 0 Å². The molecule has 0 fully saturated rings. The number of urea groups is 1. The molecule has 0 spiro atoms. The van der Waals surface area contributed by atoms with E-state index in [1.54, 1.807) is 33.3 Å². The van der Waals surface area contributed by atoms with Crippen LogP contribution >= 0.6 is 11.3 Å². The van der Waals surface area contributed by atoms with Crippen LogP contribution in [0.1, 0.15) is 37.6 Å². The van der Waals surface area contributed by atoms with Crippen LogP contribution in [0.5, 0.6) is 0 Å². The van der Waals surface area contributed by atoms with E-state index in [0.29, 0.717) is 19.6 Å². The highest BCUT2D eigenvalue weighted by atomic mass is 32.1. The fourth-order valence-electron chi connectivity index (χ4n) is 2.78. The van der Waals surface area contributed by atoms with Crippen LogP contribution in [0, 0.1) is 5.82 Å². The Labute approximate surface area is 170 Å². The molecule has 1 heterocycles. The van der Waals surface area contributed by atoms with Crippen LogP contribution in [0.3, 0.4) is 0 Å². The van der Waals surface area contributed by atoms with E-state index >= 15 is 0 Å². The summed E-state index contributed by atoms with van der Waals surface area (Å²) < 4.78 is 13.2. The zero-order valence-corrected chi connectivity index (χ0v) is 17.5. The van der Waals surface area contributed by atoms with Crippen molar-refractivity contribution in [3.63, 3.8) is 0 Å². The summed E-state index contributed by atoms with van der Waals surface area (Å²) in [5, 5.41) is 4.75. The molecule has 2 aromatic rings. The quantitative estimate of drug-likeness (QED) is 0.678. The van der Waals surface area contributed by atoms with Gasteiger partial charge >= 0.3 is 6.03 Å². The second kappa shape index (κ2) is 10.8. The lowest BCUT2D eigenvalue weighted by Gasteiger charge is -2.31. The second-order valence-corrected chi connectivity index (χ2v) is 7.71. The molecule has 0 radical (unpaired) electrons. The van der Waals surface area contributed by atoms with E-state index in [4.69, 9.17) is 0 Å². The molecule has 0 aliphatic heterocycles. The van der Waals surface area contributed by atoms with Gasteiger partial charge in [0, 0.05) is 24.0 Å². The number of halogens is 1. The van der Waals surface area contributed by atoms with Crippen molar-refractivity contribution in [3.05, 3.63) is 58.0 Å². The average Bonchev–Trinajstić information content (AvgIpc) is 3.19. The predicted molar refractivity (Wildman–Crippen MR) is 111 cm³/mol. The van der Waals surface area contributed by atoms with Crippen LogP contribution in [-0.4, -0.2) is 40.9 Å². The first-order valence-electron chi connectivity index (χ1n) is 9.53. The monoisotopic (exact) mass is 405 g/mol. The highest BCUT2D eigenvalue weighted by Crippen LogP contribution is 2.16. The van der Waals surface area contributed by atoms with E-state index in [1.807, 2.05) is 38.3 Å². The van der Waals surface area contributed by atoms with E-state index in [0.717, 1.165) is 16.9 Å². The summed E-state index contributed by atoms with van der Waals surface area (Å²) in [7, 11) is 0. The number of carbonyl (C=O) groups is 2. The molecule has 0 unspecified atom stereocenters. The molecule has 2 rings (SSSR count). The Morgan fingerprint density at radius 1 is 1.14 bits per heavy atom. The molecule has 1 aromatic heterocycles. The number of rotatable bonds is 9. The van der Waals surface area contributed by atoms with Crippen molar-refractivity contribution in [3.8, 4) is 0 Å². The summed E-state index contributed by atoms with van der Waals surface area (Å²) >= 11 is 1.58. The van der Waals surface area contributed by atoms with Crippen LogP contribution in [0.15, 0.2) is 41.8 Å². The number of nitrogens with zero attached hydrogens (tertiary/aromatic N) is 2. The molecule has 0 bridgehead atoms. The number of nitrogens with one attached hydrogen (secondary N) is 1. The molecule has 28 heavy (non-hydrogen) atoms. The van der Waals surface area contributed by atoms with Gasteiger partial charge in [-0.1, -0.05) is 25.1 Å². The van der Waals surface area contributed by atoms with Gasteiger partial charge in [-0.3, -0.25) is 4.79 Å². The molecule has 1 N–H and O–H groups in total. The van der Waals surface area contributed by atoms with E-state index in [2.05, 4.69) is 5.32 Å². The van der Waals surface area contributed by atoms with Gasteiger partial charge in [0.2, 0.25) is 5.91 Å². The first kappa shape index (κ1) is 21.9. The molecule has 0 saturated heterocycles. The standard InChI is InChI=1S/C21H28FN3O2S/c1-4-16(3)25(21(27)23-5-2)15-20(26)24(14-19-7-6-12-28-19)13-17-8-10-18(22)11-9-17/h6-12,16H,4-5,13-15H2,1-3H3,(H,23,27)/t16-/m0/s1. The minimum atomic E-state index is -0.306. The third kappa shape index (κ3) is 6.34. The summed E-state index contributed by atoms with van der Waals surface area (Å²) in [6, 6.07) is 9.78. The van der Waals surface area contributed by atoms with Crippen molar-refractivity contribution >= 4 is 23.3 Å². The van der Waals surface area contributed by atoms with E-state index in [-0.39, 0.29) is 30.3 Å². The minimum Gasteiger partial charge on any atom is -0.338 e. The third-order valence-electron chi connectivity index (χ3n) is 4.58. The predicted octanol–water partition coefficient (Wildman–Crippen LogP) is 4.25. The Morgan fingerprint density at radius 2 is 1.86 bits per heavy atom. The Kier molecular flexibility index (Phi) is 8.44. The van der Waals surface area contributed by atoms with Gasteiger partial charge in [0.1, 0.15) is 12.4 Å². The molecular weight excluding hydrogens is 377 g/mol. The maximum absolute atomic E-state index is 13.2. The Hall–Kier alpha value is -2.41. The van der Waals surface area contributed by atoms with Gasteiger partial charge in [-0.25, -0.2) is 9.18 Å². The lowest BCUT2D eigenvalue weighted by molar-refractivity contribution is -0.133. The normalized spacial score (nSPS) is 11.7. The average molecular weight is 406 g/mol. The smallest absolute Gasteiger partial charge is 0.318 e. The van der Waals surface area contributed by atoms with Crippen LogP contribution in [-0.2, 0) is 17.9 Å². The number of hydrogen-bond donors (Lipinski definition) is 1. The van der Waals surface area contributed by atoms with Crippen molar-refractivity contribution in [2.24, 2.45) is 0 Å². The zero-order valence-electron chi connectivity index (χ0n) is 16.7. The first-order valence-corrected chi connectivity index (χ1v) is 10.4. The SMILES string of the molecule is CCNC(=O)N(CC(=O)N(Cc1ccc(F)cc1)Cc1cccs1)[C@@H](C)CC. The third-order valence-corrected chi connectivity index (χ3v) is 5.44. The molecule has 5 nitrogen and oxygen atoms in total. The minimum absolute atomic E-state index is 0.00735. The molecule has 3 amide bonds. The van der Waals surface area contributed by atoms with Gasteiger partial charge in [-0.05, 0) is 49.4 Å². The lowest BCUT2D eigenvalue weighted by atomic mass is 10.2. The second-order valence-electron chi connectivity index (χ2n) is 6.68. The van der Waals surface area contributed by atoms with Gasteiger partial charge in [-0.2, -0.15) is 0 Å². The number of benzene rings is 1. The molecule has 0 saturated carbocycles.